The number of hydrogen-bond acceptors (Lipinski definition) is 3. The fourth-order valence-corrected chi connectivity index (χ4v) is 2.28. The van der Waals surface area contributed by atoms with Crippen molar-refractivity contribution in [2.24, 2.45) is 5.10 Å². The topological polar surface area (TPSA) is 50.7 Å². The second kappa shape index (κ2) is 7.68. The minimum atomic E-state index is -0.205. The third kappa shape index (κ3) is 5.03. The summed E-state index contributed by atoms with van der Waals surface area (Å²) in [5.41, 5.74) is 4.80. The molecule has 1 aromatic carbocycles. The Morgan fingerprint density at radius 3 is 2.70 bits per heavy atom. The second-order valence-electron chi connectivity index (χ2n) is 5.23. The van der Waals surface area contributed by atoms with Gasteiger partial charge in [-0.2, -0.15) is 5.10 Å². The van der Waals surface area contributed by atoms with Gasteiger partial charge in [0.1, 0.15) is 5.75 Å². The van der Waals surface area contributed by atoms with E-state index in [1.54, 1.807) is 0 Å². The van der Waals surface area contributed by atoms with Crippen LogP contribution in [0.4, 0.5) is 0 Å². The van der Waals surface area contributed by atoms with E-state index >= 15 is 0 Å². The molecule has 1 N–H and O–H groups in total. The summed E-state index contributed by atoms with van der Waals surface area (Å²) in [6, 6.07) is 7.65. The number of aryl methyl sites for hydroxylation is 1. The lowest BCUT2D eigenvalue weighted by Gasteiger charge is -2.06. The number of nitrogens with zero attached hydrogens (tertiary/aromatic N) is 1. The van der Waals surface area contributed by atoms with Gasteiger partial charge in [0.2, 0.25) is 0 Å². The predicted molar refractivity (Wildman–Crippen MR) is 80.0 cm³/mol. The number of carbonyl (C=O) groups is 1. The molecule has 4 nitrogen and oxygen atoms in total. The second-order valence-corrected chi connectivity index (χ2v) is 5.23. The Kier molecular flexibility index (Phi) is 5.59. The summed E-state index contributed by atoms with van der Waals surface area (Å²) in [4.78, 5) is 11.7. The van der Waals surface area contributed by atoms with Crippen molar-refractivity contribution in [2.75, 3.05) is 6.61 Å². The van der Waals surface area contributed by atoms with Crippen LogP contribution in [-0.2, 0) is 4.79 Å². The first-order valence-electron chi connectivity index (χ1n) is 7.28. The average Bonchev–Trinajstić information content (AvgIpc) is 2.71. The summed E-state index contributed by atoms with van der Waals surface area (Å²) in [7, 11) is 0. The minimum absolute atomic E-state index is 0.000231. The maximum absolute atomic E-state index is 11.7. The molecule has 1 aliphatic carbocycles. The third-order valence-electron chi connectivity index (χ3n) is 3.38. The Hall–Kier alpha value is -1.84. The maximum Gasteiger partial charge on any atom is 0.277 e. The van der Waals surface area contributed by atoms with E-state index in [0.29, 0.717) is 5.75 Å². The zero-order valence-electron chi connectivity index (χ0n) is 12.0. The number of rotatable bonds is 4. The molecule has 0 saturated heterocycles. The van der Waals surface area contributed by atoms with Gasteiger partial charge in [0.25, 0.3) is 5.91 Å². The molecule has 0 unspecified atom stereocenters. The summed E-state index contributed by atoms with van der Waals surface area (Å²) in [5.74, 6) is 0.505. The Labute approximate surface area is 120 Å². The van der Waals surface area contributed by atoms with Gasteiger partial charge in [-0.05, 0) is 50.3 Å². The fourth-order valence-electron chi connectivity index (χ4n) is 2.28. The molecule has 0 aromatic heterocycles. The number of carbonyl (C=O) groups excluding carboxylic acids is 1. The number of hydrogen-bond donors (Lipinski definition) is 1. The van der Waals surface area contributed by atoms with Gasteiger partial charge < -0.3 is 4.74 Å². The molecule has 4 heteroatoms. The van der Waals surface area contributed by atoms with Crippen molar-refractivity contribution in [1.29, 1.82) is 0 Å². The van der Waals surface area contributed by atoms with E-state index in [2.05, 4.69) is 10.5 Å². The van der Waals surface area contributed by atoms with Crippen molar-refractivity contribution >= 4 is 11.6 Å². The smallest absolute Gasteiger partial charge is 0.277 e. The molecule has 20 heavy (non-hydrogen) atoms. The van der Waals surface area contributed by atoms with Crippen LogP contribution in [-0.4, -0.2) is 18.2 Å². The monoisotopic (exact) mass is 274 g/mol. The number of nitrogens with one attached hydrogen (secondary N) is 1. The van der Waals surface area contributed by atoms with Crippen molar-refractivity contribution in [1.82, 2.24) is 5.43 Å². The van der Waals surface area contributed by atoms with Crippen LogP contribution < -0.4 is 10.2 Å². The van der Waals surface area contributed by atoms with E-state index in [1.807, 2.05) is 31.2 Å². The molecular weight excluding hydrogens is 252 g/mol. The molecule has 1 amide bonds. The standard InChI is InChI=1S/C16H22N2O2/c1-13-7-6-10-15(11-13)20-12-16(19)18-17-14-8-4-2-3-5-9-14/h6-7,10-11H,2-5,8-9,12H2,1H3,(H,18,19). The van der Waals surface area contributed by atoms with Crippen molar-refractivity contribution < 1.29 is 9.53 Å². The normalized spacial score (nSPS) is 15.3. The van der Waals surface area contributed by atoms with Gasteiger partial charge >= 0.3 is 0 Å². The molecule has 0 radical (unpaired) electrons. The molecule has 108 valence electrons. The van der Waals surface area contributed by atoms with Crippen LogP contribution in [0.1, 0.15) is 44.1 Å². The molecule has 0 heterocycles. The van der Waals surface area contributed by atoms with Gasteiger partial charge in [0.05, 0.1) is 0 Å². The Morgan fingerprint density at radius 1 is 1.25 bits per heavy atom. The molecule has 1 saturated carbocycles. The van der Waals surface area contributed by atoms with Crippen LogP contribution in [0.3, 0.4) is 0 Å². The molecule has 1 fully saturated rings. The van der Waals surface area contributed by atoms with Crippen LogP contribution in [0.2, 0.25) is 0 Å². The zero-order valence-corrected chi connectivity index (χ0v) is 12.0. The van der Waals surface area contributed by atoms with Gasteiger partial charge in [-0.25, -0.2) is 5.43 Å². The van der Waals surface area contributed by atoms with Gasteiger partial charge in [0, 0.05) is 5.71 Å². The summed E-state index contributed by atoms with van der Waals surface area (Å²) in [6.45, 7) is 1.99. The summed E-state index contributed by atoms with van der Waals surface area (Å²) < 4.78 is 5.43. The summed E-state index contributed by atoms with van der Waals surface area (Å²) >= 11 is 0. The highest BCUT2D eigenvalue weighted by Crippen LogP contribution is 2.14. The van der Waals surface area contributed by atoms with Gasteiger partial charge in [0.15, 0.2) is 6.61 Å². The molecular formula is C16H22N2O2. The van der Waals surface area contributed by atoms with Crippen LogP contribution in [0.5, 0.6) is 5.75 Å². The van der Waals surface area contributed by atoms with Crippen molar-refractivity contribution in [3.63, 3.8) is 0 Å². The molecule has 0 atom stereocenters. The number of hydrazone groups is 1. The minimum Gasteiger partial charge on any atom is -0.484 e. The quantitative estimate of drug-likeness (QED) is 0.677. The maximum atomic E-state index is 11.7. The van der Waals surface area contributed by atoms with Crippen LogP contribution >= 0.6 is 0 Å². The first-order chi connectivity index (χ1) is 9.74. The van der Waals surface area contributed by atoms with Gasteiger partial charge in [-0.15, -0.1) is 0 Å². The molecule has 1 aromatic rings. The SMILES string of the molecule is Cc1cccc(OCC(=O)NN=C2CCCCCC2)c1. The number of ether oxygens (including phenoxy) is 1. The largest absolute Gasteiger partial charge is 0.484 e. The third-order valence-corrected chi connectivity index (χ3v) is 3.38. The van der Waals surface area contributed by atoms with Crippen molar-refractivity contribution in [3.05, 3.63) is 29.8 Å². The first kappa shape index (κ1) is 14.6. The highest BCUT2D eigenvalue weighted by atomic mass is 16.5. The molecule has 0 bridgehead atoms. The van der Waals surface area contributed by atoms with E-state index in [4.69, 9.17) is 4.74 Å². The Morgan fingerprint density at radius 2 is 2.00 bits per heavy atom. The van der Waals surface area contributed by atoms with Crippen molar-refractivity contribution in [2.45, 2.75) is 45.4 Å². The Balaban J connectivity index is 1.76. The average molecular weight is 274 g/mol. The lowest BCUT2D eigenvalue weighted by molar-refractivity contribution is -0.123. The first-order valence-corrected chi connectivity index (χ1v) is 7.28. The Bertz CT molecular complexity index is 473. The summed E-state index contributed by atoms with van der Waals surface area (Å²) in [6.07, 6.45) is 6.88. The highest BCUT2D eigenvalue weighted by Gasteiger charge is 2.07. The van der Waals surface area contributed by atoms with E-state index in [0.717, 1.165) is 24.1 Å². The molecule has 2 rings (SSSR count). The molecule has 0 aliphatic heterocycles. The zero-order chi connectivity index (χ0) is 14.2. The number of amides is 1. The summed E-state index contributed by atoms with van der Waals surface area (Å²) in [5, 5.41) is 4.21. The highest BCUT2D eigenvalue weighted by molar-refractivity contribution is 5.86. The lowest BCUT2D eigenvalue weighted by atomic mass is 10.2. The van der Waals surface area contributed by atoms with E-state index < -0.39 is 0 Å². The van der Waals surface area contributed by atoms with Crippen LogP contribution in [0.15, 0.2) is 29.4 Å². The fraction of sp³-hybridized carbons (Fsp3) is 0.500. The molecule has 0 spiro atoms. The predicted octanol–water partition coefficient (Wildman–Crippen LogP) is 3.20. The van der Waals surface area contributed by atoms with Gasteiger partial charge in [-0.3, -0.25) is 4.79 Å². The van der Waals surface area contributed by atoms with Crippen LogP contribution in [0.25, 0.3) is 0 Å². The lowest BCUT2D eigenvalue weighted by Crippen LogP contribution is -2.25. The van der Waals surface area contributed by atoms with Gasteiger partial charge in [-0.1, -0.05) is 25.0 Å². The van der Waals surface area contributed by atoms with E-state index in [1.165, 1.54) is 25.7 Å². The van der Waals surface area contributed by atoms with E-state index in [-0.39, 0.29) is 12.5 Å². The molecule has 1 aliphatic rings. The van der Waals surface area contributed by atoms with E-state index in [9.17, 15) is 4.79 Å². The number of benzene rings is 1. The van der Waals surface area contributed by atoms with Crippen LogP contribution in [0, 0.1) is 6.92 Å². The van der Waals surface area contributed by atoms with Crippen molar-refractivity contribution in [3.8, 4) is 5.75 Å².